The maximum atomic E-state index is 12.0. The number of carbonyl (C=O) groups is 1. The largest absolute Gasteiger partial charge is 0.457 e. The molecule has 0 bridgehead atoms. The molecule has 0 aromatic carbocycles. The van der Waals surface area contributed by atoms with Crippen molar-refractivity contribution in [2.75, 3.05) is 26.9 Å². The number of ether oxygens (including phenoxy) is 9. The van der Waals surface area contributed by atoms with Gasteiger partial charge in [0.1, 0.15) is 54.9 Å². The molecular weight excluding hydrogens is 868 g/mol. The molecule has 19 heteroatoms. The molecule has 0 aromatic heterocycles. The van der Waals surface area contributed by atoms with Gasteiger partial charge in [-0.15, -0.1) is 0 Å². The molecular formula is C47H74O19. The van der Waals surface area contributed by atoms with Crippen molar-refractivity contribution in [3.8, 4) is 0 Å². The molecule has 4 aliphatic heterocycles. The molecule has 7 fully saturated rings. The fourth-order valence-electron chi connectivity index (χ4n) is 13.8. The molecule has 3 saturated carbocycles. The first-order valence-electron chi connectivity index (χ1n) is 23.9. The average molecular weight is 943 g/mol. The van der Waals surface area contributed by atoms with Crippen LogP contribution in [-0.2, 0) is 47.4 Å². The summed E-state index contributed by atoms with van der Waals surface area (Å²) < 4.78 is 54.9. The lowest BCUT2D eigenvalue weighted by Crippen LogP contribution is -2.63. The number of allylic oxidation sites excluding steroid dienone is 1. The Morgan fingerprint density at radius 2 is 1.59 bits per heavy atom. The van der Waals surface area contributed by atoms with Crippen molar-refractivity contribution in [3.63, 3.8) is 0 Å². The first kappa shape index (κ1) is 50.7. The van der Waals surface area contributed by atoms with E-state index in [2.05, 4.69) is 33.4 Å². The zero-order valence-corrected chi connectivity index (χ0v) is 38.9. The number of carbonyl (C=O) groups excluding carboxylic acids is 1. The third-order valence-corrected chi connectivity index (χ3v) is 17.4. The quantitative estimate of drug-likeness (QED) is 0.0863. The highest BCUT2D eigenvalue weighted by Gasteiger charge is 2.69. The second-order valence-corrected chi connectivity index (χ2v) is 21.0. The van der Waals surface area contributed by atoms with E-state index in [1.165, 1.54) is 13.8 Å². The minimum Gasteiger partial charge on any atom is -0.457 e. The van der Waals surface area contributed by atoms with Crippen molar-refractivity contribution in [1.29, 1.82) is 0 Å². The van der Waals surface area contributed by atoms with Crippen LogP contribution in [0.25, 0.3) is 0 Å². The van der Waals surface area contributed by atoms with Crippen LogP contribution in [0.4, 0.5) is 0 Å². The van der Waals surface area contributed by atoms with Crippen molar-refractivity contribution < 1.29 is 93.4 Å². The lowest BCUT2D eigenvalue weighted by atomic mass is 9.46. The number of aliphatic hydroxyl groups excluding tert-OH is 9. The Balaban J connectivity index is 0.961. The molecule has 0 aromatic rings. The molecule has 4 aliphatic carbocycles. The van der Waals surface area contributed by atoms with Crippen LogP contribution in [0.3, 0.4) is 0 Å². The first-order valence-corrected chi connectivity index (χ1v) is 23.9. The van der Waals surface area contributed by atoms with E-state index in [-0.39, 0.29) is 54.8 Å². The van der Waals surface area contributed by atoms with Gasteiger partial charge in [-0.3, -0.25) is 4.79 Å². The van der Waals surface area contributed by atoms with Crippen LogP contribution in [0.5, 0.6) is 0 Å². The monoisotopic (exact) mass is 942 g/mol. The Kier molecular flexibility index (Phi) is 14.9. The summed E-state index contributed by atoms with van der Waals surface area (Å²) in [6.45, 7) is 13.0. The Morgan fingerprint density at radius 3 is 2.29 bits per heavy atom. The zero-order valence-electron chi connectivity index (χ0n) is 38.9. The molecule has 19 nitrogen and oxygen atoms in total. The fraction of sp³-hybridized carbons (Fsp3) is 0.894. The highest BCUT2D eigenvalue weighted by atomic mass is 16.8. The Hall–Kier alpha value is -1.73. The van der Waals surface area contributed by atoms with E-state index in [0.29, 0.717) is 30.8 Å². The van der Waals surface area contributed by atoms with E-state index in [1.807, 2.05) is 0 Å². The lowest BCUT2D eigenvalue weighted by molar-refractivity contribution is -0.363. The molecule has 4 saturated heterocycles. The van der Waals surface area contributed by atoms with Gasteiger partial charge in [0.25, 0.3) is 0 Å². The molecule has 376 valence electrons. The summed E-state index contributed by atoms with van der Waals surface area (Å²) >= 11 is 0. The van der Waals surface area contributed by atoms with Crippen molar-refractivity contribution in [2.24, 2.45) is 40.4 Å². The minimum atomic E-state index is -1.68. The maximum Gasteiger partial charge on any atom is 0.303 e. The molecule has 8 aliphatic rings. The van der Waals surface area contributed by atoms with Gasteiger partial charge in [-0.25, -0.2) is 0 Å². The second-order valence-electron chi connectivity index (χ2n) is 21.0. The summed E-state index contributed by atoms with van der Waals surface area (Å²) in [4.78, 5) is 12.0. The third kappa shape index (κ3) is 8.77. The van der Waals surface area contributed by atoms with Crippen molar-refractivity contribution in [3.05, 3.63) is 23.8 Å². The number of rotatable bonds is 13. The summed E-state index contributed by atoms with van der Waals surface area (Å²) in [5, 5.41) is 95.1. The van der Waals surface area contributed by atoms with Gasteiger partial charge < -0.3 is 88.6 Å². The zero-order chi connectivity index (χ0) is 47.8. The van der Waals surface area contributed by atoms with Gasteiger partial charge in [-0.05, 0) is 74.5 Å². The number of fused-ring (bicyclic) bond motifs is 7. The summed E-state index contributed by atoms with van der Waals surface area (Å²) in [5.74, 6) is -0.604. The average Bonchev–Trinajstić information content (AvgIpc) is 3.74. The number of esters is 1. The molecule has 9 N–H and O–H groups in total. The van der Waals surface area contributed by atoms with E-state index < -0.39 is 122 Å². The van der Waals surface area contributed by atoms with E-state index >= 15 is 0 Å². The van der Waals surface area contributed by atoms with Gasteiger partial charge in [0.15, 0.2) is 30.8 Å². The van der Waals surface area contributed by atoms with Gasteiger partial charge in [0, 0.05) is 38.2 Å². The van der Waals surface area contributed by atoms with E-state index in [9.17, 15) is 50.8 Å². The van der Waals surface area contributed by atoms with Crippen LogP contribution in [0.15, 0.2) is 23.8 Å². The molecule has 0 spiro atoms. The molecule has 0 radical (unpaired) electrons. The maximum absolute atomic E-state index is 12.0. The molecule has 8 rings (SSSR count). The van der Waals surface area contributed by atoms with Crippen molar-refractivity contribution in [2.45, 2.75) is 196 Å². The minimum absolute atomic E-state index is 0.00496. The highest BCUT2D eigenvalue weighted by molar-refractivity contribution is 5.66. The summed E-state index contributed by atoms with van der Waals surface area (Å²) in [7, 11) is 1.67. The normalized spacial score (nSPS) is 52.4. The van der Waals surface area contributed by atoms with Crippen LogP contribution in [0.1, 0.15) is 86.0 Å². The number of hydrogen-bond donors (Lipinski definition) is 9. The standard InChI is InChI=1S/C47H74O19/c1-20(18-59-42-39(56)38(55)35(52)30(17-48)63-42)10-13-47(58-7)21(2)33-29(66-47)16-28-26-9-8-24-14-25(50)15-32(46(24,6)27(26)11-12-45(28,33)5)64-44-41(36(53)31(19-60-44)62-23(4)49)65-43-40(57)37(54)34(51)22(3)61-43/h8,21-22,25-44,48,50-57H,1,9-19H2,2-7H3/t21?,22-,25+,26+,27-,28-,29?,30+,31-,32+,33?,34-,35+,36-,37+,38-,39+,40+,41+,42+,43-,44-,45-,46-,47?/m0/s1. The van der Waals surface area contributed by atoms with Crippen LogP contribution in [0.2, 0.25) is 0 Å². The second kappa shape index (κ2) is 19.5. The number of aliphatic hydroxyl groups is 9. The van der Waals surface area contributed by atoms with Crippen LogP contribution in [0, 0.1) is 40.4 Å². The van der Waals surface area contributed by atoms with Gasteiger partial charge in [0.05, 0.1) is 44.2 Å². The lowest BCUT2D eigenvalue weighted by Gasteiger charge is -2.60. The first-order chi connectivity index (χ1) is 31.2. The highest BCUT2D eigenvalue weighted by Crippen LogP contribution is 2.70. The molecule has 0 amide bonds. The summed E-state index contributed by atoms with van der Waals surface area (Å²) in [6.07, 6.45) is -13.1. The van der Waals surface area contributed by atoms with Gasteiger partial charge in [-0.1, -0.05) is 44.6 Å². The molecule has 4 unspecified atom stereocenters. The predicted octanol–water partition coefficient (Wildman–Crippen LogP) is -0.0766. The molecule has 4 heterocycles. The smallest absolute Gasteiger partial charge is 0.303 e. The van der Waals surface area contributed by atoms with Gasteiger partial charge in [0.2, 0.25) is 0 Å². The topological polar surface area (TPSA) is 282 Å². The fourth-order valence-corrected chi connectivity index (χ4v) is 13.8. The SMILES string of the molecule is C=C(CCC1(OC)OC2C[C@H]3[C@@H]4CC=C5C[C@@H](O)C[C@@H](O[C@@H]6OC[C@H](OC(C)=O)[C@H](O)[C@H]6O[C@@H]6O[C@@H](C)[C@H](O)[C@@H](O)[C@H]6O)[C@]5(C)[C@H]4CC[C@]3(C)C2C1C)CO[C@@H]1O[C@H](CO)[C@@H](O)[C@H](O)[C@H]1O. The van der Waals surface area contributed by atoms with Gasteiger partial charge in [-0.2, -0.15) is 0 Å². The predicted molar refractivity (Wildman–Crippen MR) is 227 cm³/mol. The van der Waals surface area contributed by atoms with Gasteiger partial charge >= 0.3 is 5.97 Å². The summed E-state index contributed by atoms with van der Waals surface area (Å²) in [5.41, 5.74) is 1.16. The third-order valence-electron chi connectivity index (χ3n) is 17.4. The van der Waals surface area contributed by atoms with E-state index in [1.54, 1.807) is 7.11 Å². The van der Waals surface area contributed by atoms with Crippen LogP contribution < -0.4 is 0 Å². The Labute approximate surface area is 385 Å². The number of hydrogen-bond acceptors (Lipinski definition) is 19. The Bertz CT molecular complexity index is 1770. The Morgan fingerprint density at radius 1 is 0.879 bits per heavy atom. The summed E-state index contributed by atoms with van der Waals surface area (Å²) in [6, 6.07) is 0. The van der Waals surface area contributed by atoms with Crippen molar-refractivity contribution >= 4 is 5.97 Å². The molecule has 25 atom stereocenters. The van der Waals surface area contributed by atoms with E-state index in [4.69, 9.17) is 42.6 Å². The van der Waals surface area contributed by atoms with Crippen LogP contribution >= 0.6 is 0 Å². The van der Waals surface area contributed by atoms with Crippen LogP contribution in [-0.4, -0.2) is 189 Å². The van der Waals surface area contributed by atoms with E-state index in [0.717, 1.165) is 31.3 Å². The van der Waals surface area contributed by atoms with Crippen molar-refractivity contribution in [1.82, 2.24) is 0 Å². The molecule has 66 heavy (non-hydrogen) atoms. The number of methoxy groups -OCH3 is 1.